The Morgan fingerprint density at radius 2 is 1.06 bits per heavy atom. The highest BCUT2D eigenvalue weighted by molar-refractivity contribution is 5.99. The van der Waals surface area contributed by atoms with Crippen LogP contribution >= 0.6 is 0 Å². The molecule has 2 rings (SSSR count). The molecule has 0 radical (unpaired) electrons. The lowest BCUT2D eigenvalue weighted by Gasteiger charge is -2.19. The first-order chi connectivity index (χ1) is 15.5. The van der Waals surface area contributed by atoms with E-state index < -0.39 is 23.1 Å². The molecule has 0 saturated carbocycles. The number of benzene rings is 2. The van der Waals surface area contributed by atoms with E-state index in [4.69, 9.17) is 9.47 Å². The fourth-order valence-electron chi connectivity index (χ4n) is 2.65. The van der Waals surface area contributed by atoms with Crippen LogP contribution in [-0.4, -0.2) is 25.2 Å². The second-order valence-corrected chi connectivity index (χ2v) is 6.15. The molecule has 0 bridgehead atoms. The SMILES string of the molecule is CCOC(=O)/C(C#N)=C(Nc1ccccc1)/C(Nc1ccccc1)=C(\C#N)C(=O)OCC. The number of nitriles is 2. The third kappa shape index (κ3) is 6.22. The minimum atomic E-state index is -0.901. The van der Waals surface area contributed by atoms with Crippen molar-refractivity contribution < 1.29 is 19.1 Å². The molecule has 0 unspecified atom stereocenters. The van der Waals surface area contributed by atoms with E-state index in [1.807, 2.05) is 12.1 Å². The van der Waals surface area contributed by atoms with Gasteiger partial charge in [-0.3, -0.25) is 0 Å². The van der Waals surface area contributed by atoms with Gasteiger partial charge in [-0.25, -0.2) is 9.59 Å². The molecule has 8 nitrogen and oxygen atoms in total. The van der Waals surface area contributed by atoms with Gasteiger partial charge in [0.1, 0.15) is 12.1 Å². The topological polar surface area (TPSA) is 124 Å². The number of hydrogen-bond donors (Lipinski definition) is 2. The fourth-order valence-corrected chi connectivity index (χ4v) is 2.65. The summed E-state index contributed by atoms with van der Waals surface area (Å²) in [7, 11) is 0. The lowest BCUT2D eigenvalue weighted by atomic mass is 10.1. The van der Waals surface area contributed by atoms with Gasteiger partial charge in [0.25, 0.3) is 0 Å². The predicted molar refractivity (Wildman–Crippen MR) is 119 cm³/mol. The number of para-hydroxylation sites is 2. The van der Waals surface area contributed by atoms with Crippen LogP contribution in [0.25, 0.3) is 0 Å². The summed E-state index contributed by atoms with van der Waals surface area (Å²) < 4.78 is 10.1. The van der Waals surface area contributed by atoms with Crippen molar-refractivity contribution in [2.45, 2.75) is 13.8 Å². The highest BCUT2D eigenvalue weighted by atomic mass is 16.5. The van der Waals surface area contributed by atoms with Gasteiger partial charge in [0.05, 0.1) is 24.6 Å². The smallest absolute Gasteiger partial charge is 0.351 e. The van der Waals surface area contributed by atoms with Crippen molar-refractivity contribution in [2.24, 2.45) is 0 Å². The van der Waals surface area contributed by atoms with E-state index in [0.29, 0.717) is 11.4 Å². The molecule has 0 amide bonds. The number of carbonyl (C=O) groups is 2. The molecule has 0 atom stereocenters. The van der Waals surface area contributed by atoms with Gasteiger partial charge in [0.2, 0.25) is 0 Å². The molecule has 0 aliphatic rings. The maximum absolute atomic E-state index is 12.6. The van der Waals surface area contributed by atoms with Crippen LogP contribution in [0.15, 0.2) is 83.2 Å². The van der Waals surface area contributed by atoms with Crippen LogP contribution < -0.4 is 10.6 Å². The van der Waals surface area contributed by atoms with Crippen LogP contribution in [0.2, 0.25) is 0 Å². The van der Waals surface area contributed by atoms with Crippen LogP contribution in [0.3, 0.4) is 0 Å². The molecule has 0 spiro atoms. The van der Waals surface area contributed by atoms with Crippen molar-refractivity contribution in [1.29, 1.82) is 10.5 Å². The second-order valence-electron chi connectivity index (χ2n) is 6.15. The molecule has 2 N–H and O–H groups in total. The largest absolute Gasteiger partial charge is 0.462 e. The number of nitrogens with zero attached hydrogens (tertiary/aromatic N) is 2. The van der Waals surface area contributed by atoms with Crippen LogP contribution in [0.5, 0.6) is 0 Å². The minimum Gasteiger partial charge on any atom is -0.462 e. The van der Waals surface area contributed by atoms with E-state index in [2.05, 4.69) is 10.6 Å². The molecule has 0 aliphatic carbocycles. The molecule has 0 fully saturated rings. The molecular formula is C24H22N4O4. The highest BCUT2D eigenvalue weighted by Crippen LogP contribution is 2.25. The van der Waals surface area contributed by atoms with Gasteiger partial charge in [0, 0.05) is 11.4 Å². The van der Waals surface area contributed by atoms with Crippen molar-refractivity contribution in [2.75, 3.05) is 23.8 Å². The fraction of sp³-hybridized carbons (Fsp3) is 0.167. The van der Waals surface area contributed by atoms with E-state index in [-0.39, 0.29) is 24.6 Å². The first-order valence-electron chi connectivity index (χ1n) is 9.83. The van der Waals surface area contributed by atoms with Gasteiger partial charge in [-0.2, -0.15) is 10.5 Å². The number of esters is 2. The third-order valence-electron chi connectivity index (χ3n) is 4.02. The van der Waals surface area contributed by atoms with E-state index in [9.17, 15) is 20.1 Å². The summed E-state index contributed by atoms with van der Waals surface area (Å²) in [5.74, 6) is -1.80. The van der Waals surface area contributed by atoms with Gasteiger partial charge in [-0.15, -0.1) is 0 Å². The normalized spacial score (nSPS) is 11.6. The average Bonchev–Trinajstić information content (AvgIpc) is 2.80. The first kappa shape index (κ1) is 23.7. The second kappa shape index (κ2) is 12.2. The minimum absolute atomic E-state index is 0.0385. The lowest BCUT2D eigenvalue weighted by Crippen LogP contribution is -2.22. The zero-order valence-corrected chi connectivity index (χ0v) is 17.7. The molecule has 0 saturated heterocycles. The van der Waals surface area contributed by atoms with Crippen molar-refractivity contribution >= 4 is 23.3 Å². The Hall–Kier alpha value is -4.56. The summed E-state index contributed by atoms with van der Waals surface area (Å²) in [4.78, 5) is 25.2. The van der Waals surface area contributed by atoms with E-state index in [0.717, 1.165) is 0 Å². The number of rotatable bonds is 9. The summed E-state index contributed by atoms with van der Waals surface area (Å²) in [6.07, 6.45) is 0. The summed E-state index contributed by atoms with van der Waals surface area (Å²) in [5, 5.41) is 25.5. The predicted octanol–water partition coefficient (Wildman–Crippen LogP) is 3.89. The molecule has 8 heteroatoms. The van der Waals surface area contributed by atoms with E-state index >= 15 is 0 Å². The first-order valence-corrected chi connectivity index (χ1v) is 9.83. The van der Waals surface area contributed by atoms with Crippen LogP contribution in [-0.2, 0) is 19.1 Å². The Labute approximate surface area is 186 Å². The Morgan fingerprint density at radius 3 is 1.34 bits per heavy atom. The number of anilines is 2. The van der Waals surface area contributed by atoms with Crippen LogP contribution in [0.4, 0.5) is 11.4 Å². The molecule has 0 aliphatic heterocycles. The Bertz CT molecular complexity index is 1000. The zero-order chi connectivity index (χ0) is 23.3. The monoisotopic (exact) mass is 430 g/mol. The van der Waals surface area contributed by atoms with Crippen molar-refractivity contribution in [1.82, 2.24) is 0 Å². The molecule has 0 aromatic heterocycles. The number of nitrogens with one attached hydrogen (secondary N) is 2. The van der Waals surface area contributed by atoms with Gasteiger partial charge in [-0.05, 0) is 38.1 Å². The highest BCUT2D eigenvalue weighted by Gasteiger charge is 2.26. The van der Waals surface area contributed by atoms with Crippen LogP contribution in [0.1, 0.15) is 13.8 Å². The van der Waals surface area contributed by atoms with Crippen molar-refractivity contribution in [3.8, 4) is 12.1 Å². The maximum Gasteiger partial charge on any atom is 0.351 e. The van der Waals surface area contributed by atoms with Crippen molar-refractivity contribution in [3.05, 3.63) is 83.2 Å². The quantitative estimate of drug-likeness (QED) is 0.266. The zero-order valence-electron chi connectivity index (χ0n) is 17.7. The lowest BCUT2D eigenvalue weighted by molar-refractivity contribution is -0.139. The average molecular weight is 430 g/mol. The Kier molecular flexibility index (Phi) is 9.05. The summed E-state index contributed by atoms with van der Waals surface area (Å²) >= 11 is 0. The van der Waals surface area contributed by atoms with Crippen molar-refractivity contribution in [3.63, 3.8) is 0 Å². The summed E-state index contributed by atoms with van der Waals surface area (Å²) in [5.41, 5.74) is 0.0368. The molecule has 162 valence electrons. The number of hydrogen-bond acceptors (Lipinski definition) is 8. The Morgan fingerprint density at radius 1 is 0.719 bits per heavy atom. The Balaban J connectivity index is 2.80. The molecule has 2 aromatic carbocycles. The standard InChI is InChI=1S/C24H22N4O4/c1-3-31-23(29)19(15-25)21(27-17-11-7-5-8-12-17)22(20(16-26)24(30)32-4-2)28-18-13-9-6-10-14-18/h5-14,27-28H,3-4H2,1-2H3/b21-19-,22-20-. The van der Waals surface area contributed by atoms with Gasteiger partial charge in [-0.1, -0.05) is 36.4 Å². The number of carbonyl (C=O) groups excluding carboxylic acids is 2. The van der Waals surface area contributed by atoms with E-state index in [1.54, 1.807) is 74.5 Å². The summed E-state index contributed by atoms with van der Waals surface area (Å²) in [6.45, 7) is 3.29. The van der Waals surface area contributed by atoms with E-state index in [1.165, 1.54) is 0 Å². The molecule has 32 heavy (non-hydrogen) atoms. The van der Waals surface area contributed by atoms with Gasteiger partial charge < -0.3 is 20.1 Å². The molecule has 0 heterocycles. The number of ether oxygens (including phenoxy) is 2. The molecule has 2 aromatic rings. The van der Waals surface area contributed by atoms with Crippen LogP contribution in [0, 0.1) is 22.7 Å². The third-order valence-corrected chi connectivity index (χ3v) is 4.02. The molecular weight excluding hydrogens is 408 g/mol. The summed E-state index contributed by atoms with van der Waals surface area (Å²) in [6, 6.07) is 21.1. The van der Waals surface area contributed by atoms with Gasteiger partial charge in [0.15, 0.2) is 11.1 Å². The maximum atomic E-state index is 12.6. The van der Waals surface area contributed by atoms with Gasteiger partial charge >= 0.3 is 11.9 Å².